The van der Waals surface area contributed by atoms with Gasteiger partial charge in [-0.1, -0.05) is 23.7 Å². The summed E-state index contributed by atoms with van der Waals surface area (Å²) in [5.74, 6) is -0.987. The molecule has 1 atom stereocenters. The first-order valence-electron chi connectivity index (χ1n) is 5.56. The van der Waals surface area contributed by atoms with E-state index in [2.05, 4.69) is 15.9 Å². The maximum atomic E-state index is 14.1. The predicted octanol–water partition coefficient (Wildman–Crippen LogP) is 4.74. The highest BCUT2D eigenvalue weighted by molar-refractivity contribution is 9.10. The van der Waals surface area contributed by atoms with E-state index in [4.69, 9.17) is 17.3 Å². The van der Waals surface area contributed by atoms with Crippen molar-refractivity contribution >= 4 is 27.5 Å². The number of benzene rings is 2. The summed E-state index contributed by atoms with van der Waals surface area (Å²) in [7, 11) is 0. The molecule has 0 bridgehead atoms. The van der Waals surface area contributed by atoms with Crippen molar-refractivity contribution < 1.29 is 8.78 Å². The van der Waals surface area contributed by atoms with Crippen LogP contribution in [0.1, 0.15) is 22.7 Å². The molecule has 5 heteroatoms. The summed E-state index contributed by atoms with van der Waals surface area (Å²) >= 11 is 8.96. The van der Waals surface area contributed by atoms with Gasteiger partial charge in [-0.05, 0) is 52.2 Å². The summed E-state index contributed by atoms with van der Waals surface area (Å²) < 4.78 is 27.9. The van der Waals surface area contributed by atoms with Crippen LogP contribution >= 0.6 is 27.5 Å². The molecule has 1 nitrogen and oxygen atoms in total. The van der Waals surface area contributed by atoms with Gasteiger partial charge in [0.25, 0.3) is 0 Å². The third-order valence-corrected chi connectivity index (χ3v) is 4.08. The second-order valence-electron chi connectivity index (χ2n) is 4.30. The quantitative estimate of drug-likeness (QED) is 0.781. The van der Waals surface area contributed by atoms with Crippen molar-refractivity contribution in [2.24, 2.45) is 5.73 Å². The predicted molar refractivity (Wildman–Crippen MR) is 76.3 cm³/mol. The van der Waals surface area contributed by atoms with E-state index < -0.39 is 17.7 Å². The minimum absolute atomic E-state index is 0.0268. The van der Waals surface area contributed by atoms with Crippen LogP contribution in [0.5, 0.6) is 0 Å². The molecule has 0 saturated carbocycles. The van der Waals surface area contributed by atoms with E-state index in [0.29, 0.717) is 10.0 Å². The number of rotatable bonds is 2. The van der Waals surface area contributed by atoms with E-state index in [1.807, 2.05) is 0 Å². The topological polar surface area (TPSA) is 26.0 Å². The molecule has 2 aromatic carbocycles. The molecule has 2 N–H and O–H groups in total. The maximum absolute atomic E-state index is 14.1. The van der Waals surface area contributed by atoms with Crippen LogP contribution in [0.3, 0.4) is 0 Å². The molecule has 0 heterocycles. The SMILES string of the molecule is Cc1cc(F)cc(C(N)c2ccc(Br)c(Cl)c2F)c1. The molecule has 0 saturated heterocycles. The molecule has 1 unspecified atom stereocenters. The second-order valence-corrected chi connectivity index (χ2v) is 5.54. The van der Waals surface area contributed by atoms with Crippen molar-refractivity contribution in [3.63, 3.8) is 0 Å². The lowest BCUT2D eigenvalue weighted by molar-refractivity contribution is 0.595. The first-order chi connectivity index (χ1) is 8.90. The molecular weight excluding hydrogens is 336 g/mol. The molecular formula is C14H11BrClF2N. The molecule has 2 aromatic rings. The van der Waals surface area contributed by atoms with E-state index in [9.17, 15) is 8.78 Å². The van der Waals surface area contributed by atoms with Crippen molar-refractivity contribution in [1.82, 2.24) is 0 Å². The third-order valence-electron chi connectivity index (χ3n) is 2.82. The molecule has 0 fully saturated rings. The van der Waals surface area contributed by atoms with Crippen molar-refractivity contribution in [1.29, 1.82) is 0 Å². The molecule has 0 aliphatic rings. The minimum Gasteiger partial charge on any atom is -0.320 e. The molecule has 0 radical (unpaired) electrons. The fourth-order valence-electron chi connectivity index (χ4n) is 1.90. The van der Waals surface area contributed by atoms with E-state index in [0.717, 1.165) is 5.56 Å². The van der Waals surface area contributed by atoms with Crippen molar-refractivity contribution in [2.75, 3.05) is 0 Å². The molecule has 2 rings (SSSR count). The van der Waals surface area contributed by atoms with Gasteiger partial charge in [0.05, 0.1) is 11.1 Å². The van der Waals surface area contributed by atoms with Crippen LogP contribution in [0.25, 0.3) is 0 Å². The zero-order valence-electron chi connectivity index (χ0n) is 10.1. The van der Waals surface area contributed by atoms with Gasteiger partial charge in [0.2, 0.25) is 0 Å². The largest absolute Gasteiger partial charge is 0.320 e. The lowest BCUT2D eigenvalue weighted by Crippen LogP contribution is -2.14. The summed E-state index contributed by atoms with van der Waals surface area (Å²) in [4.78, 5) is 0. The van der Waals surface area contributed by atoms with Crippen LogP contribution in [0.4, 0.5) is 8.78 Å². The molecule has 0 aliphatic carbocycles. The summed E-state index contributed by atoms with van der Waals surface area (Å²) in [6, 6.07) is 6.81. The van der Waals surface area contributed by atoms with Crippen molar-refractivity contribution in [3.05, 3.63) is 68.2 Å². The Hall–Kier alpha value is -0.970. The van der Waals surface area contributed by atoms with Gasteiger partial charge >= 0.3 is 0 Å². The fraction of sp³-hybridized carbons (Fsp3) is 0.143. The third kappa shape index (κ3) is 2.96. The first-order valence-corrected chi connectivity index (χ1v) is 6.73. The average molecular weight is 347 g/mol. The highest BCUT2D eigenvalue weighted by atomic mass is 79.9. The summed E-state index contributed by atoms with van der Waals surface area (Å²) in [5, 5.41) is -0.0268. The van der Waals surface area contributed by atoms with Crippen LogP contribution in [-0.4, -0.2) is 0 Å². The fourth-order valence-corrected chi connectivity index (χ4v) is 2.38. The Labute approximate surface area is 123 Å². The van der Waals surface area contributed by atoms with Gasteiger partial charge in [0, 0.05) is 10.0 Å². The summed E-state index contributed by atoms with van der Waals surface area (Å²) in [5.41, 5.74) is 7.47. The monoisotopic (exact) mass is 345 g/mol. The Bertz CT molecular complexity index is 611. The average Bonchev–Trinajstić information content (AvgIpc) is 2.34. The second kappa shape index (κ2) is 5.57. The highest BCUT2D eigenvalue weighted by Gasteiger charge is 2.18. The highest BCUT2D eigenvalue weighted by Crippen LogP contribution is 2.32. The van der Waals surface area contributed by atoms with Crippen LogP contribution < -0.4 is 5.73 Å². The number of hydrogen-bond acceptors (Lipinski definition) is 1. The molecule has 19 heavy (non-hydrogen) atoms. The van der Waals surface area contributed by atoms with E-state index >= 15 is 0 Å². The Morgan fingerprint density at radius 2 is 1.89 bits per heavy atom. The molecule has 0 amide bonds. The maximum Gasteiger partial charge on any atom is 0.148 e. The first kappa shape index (κ1) is 14.4. The Kier molecular flexibility index (Phi) is 4.23. The van der Waals surface area contributed by atoms with Gasteiger partial charge in [0.15, 0.2) is 0 Å². The molecule has 0 aliphatic heterocycles. The van der Waals surface area contributed by atoms with Crippen molar-refractivity contribution in [2.45, 2.75) is 13.0 Å². The van der Waals surface area contributed by atoms with Gasteiger partial charge < -0.3 is 5.73 Å². The molecule has 0 spiro atoms. The Morgan fingerprint density at radius 3 is 2.53 bits per heavy atom. The summed E-state index contributed by atoms with van der Waals surface area (Å²) in [6.07, 6.45) is 0. The molecule has 0 aromatic heterocycles. The lowest BCUT2D eigenvalue weighted by Gasteiger charge is -2.15. The summed E-state index contributed by atoms with van der Waals surface area (Å²) in [6.45, 7) is 1.75. The smallest absolute Gasteiger partial charge is 0.148 e. The Balaban J connectivity index is 2.50. The van der Waals surface area contributed by atoms with Crippen LogP contribution in [-0.2, 0) is 0 Å². The van der Waals surface area contributed by atoms with Gasteiger partial charge in [-0.15, -0.1) is 0 Å². The standard InChI is InChI=1S/C14H11BrClF2N/c1-7-4-8(6-9(17)5-7)14(19)10-2-3-11(15)12(16)13(10)18/h2-6,14H,19H2,1H3. The van der Waals surface area contributed by atoms with Gasteiger partial charge in [0.1, 0.15) is 11.6 Å². The van der Waals surface area contributed by atoms with E-state index in [1.165, 1.54) is 18.2 Å². The Morgan fingerprint density at radius 1 is 1.21 bits per heavy atom. The number of nitrogens with two attached hydrogens (primary N) is 1. The van der Waals surface area contributed by atoms with Gasteiger partial charge in [-0.25, -0.2) is 8.78 Å². The minimum atomic E-state index is -0.764. The van der Waals surface area contributed by atoms with Gasteiger partial charge in [-0.2, -0.15) is 0 Å². The normalized spacial score (nSPS) is 12.5. The number of hydrogen-bond donors (Lipinski definition) is 1. The zero-order chi connectivity index (χ0) is 14.2. The van der Waals surface area contributed by atoms with Crippen LogP contribution in [0.2, 0.25) is 5.02 Å². The van der Waals surface area contributed by atoms with Gasteiger partial charge in [-0.3, -0.25) is 0 Å². The van der Waals surface area contributed by atoms with Crippen LogP contribution in [0, 0.1) is 18.6 Å². The van der Waals surface area contributed by atoms with Crippen LogP contribution in [0.15, 0.2) is 34.8 Å². The van der Waals surface area contributed by atoms with E-state index in [1.54, 1.807) is 19.1 Å². The lowest BCUT2D eigenvalue weighted by atomic mass is 9.97. The number of halogens is 4. The van der Waals surface area contributed by atoms with E-state index in [-0.39, 0.29) is 10.6 Å². The number of aryl methyl sites for hydroxylation is 1. The van der Waals surface area contributed by atoms with Crippen molar-refractivity contribution in [3.8, 4) is 0 Å². The molecule has 100 valence electrons. The zero-order valence-corrected chi connectivity index (χ0v) is 12.4.